The van der Waals surface area contributed by atoms with Crippen LogP contribution in [-0.4, -0.2) is 37.1 Å². The minimum absolute atomic E-state index is 0.225. The number of hydrazone groups is 1. The Hall–Kier alpha value is -5.13. The van der Waals surface area contributed by atoms with Crippen molar-refractivity contribution in [3.8, 4) is 11.5 Å². The first-order valence-corrected chi connectivity index (χ1v) is 11.3. The molecule has 0 bridgehead atoms. The van der Waals surface area contributed by atoms with E-state index in [-0.39, 0.29) is 11.4 Å². The average Bonchev–Trinajstić information content (AvgIpc) is 2.91. The maximum absolute atomic E-state index is 13.1. The topological polar surface area (TPSA) is 118 Å². The maximum Gasteiger partial charge on any atom is 0.418 e. The number of para-hydroxylation sites is 1. The summed E-state index contributed by atoms with van der Waals surface area (Å²) in [6, 6.07) is 17.1. The summed E-state index contributed by atoms with van der Waals surface area (Å²) in [6.07, 6.45) is -1.79. The predicted molar refractivity (Wildman–Crippen MR) is 139 cm³/mol. The second-order valence-corrected chi connectivity index (χ2v) is 7.73. The summed E-state index contributed by atoms with van der Waals surface area (Å²) in [4.78, 5) is 36.2. The van der Waals surface area contributed by atoms with E-state index in [4.69, 9.17) is 9.47 Å². The number of alkyl halides is 3. The van der Waals surface area contributed by atoms with Gasteiger partial charge < -0.3 is 20.1 Å². The number of carbonyl (C=O) groups excluding carboxylic acids is 3. The zero-order valence-electron chi connectivity index (χ0n) is 20.3. The Morgan fingerprint density at radius 3 is 2.33 bits per heavy atom. The normalized spacial score (nSPS) is 10.9. The van der Waals surface area contributed by atoms with Gasteiger partial charge in [-0.15, -0.1) is 0 Å². The fourth-order valence-corrected chi connectivity index (χ4v) is 3.05. The fraction of sp³-hybridized carbons (Fsp3) is 0.111. The van der Waals surface area contributed by atoms with Crippen LogP contribution in [0.1, 0.15) is 11.1 Å². The summed E-state index contributed by atoms with van der Waals surface area (Å²) in [5.41, 5.74) is 1.56. The van der Waals surface area contributed by atoms with Gasteiger partial charge in [-0.2, -0.15) is 18.3 Å². The Balaban J connectivity index is 1.48. The molecule has 12 heteroatoms. The molecule has 0 unspecified atom stereocenters. The largest absolute Gasteiger partial charge is 0.490 e. The zero-order chi connectivity index (χ0) is 28.3. The lowest BCUT2D eigenvalue weighted by molar-refractivity contribution is -0.137. The van der Waals surface area contributed by atoms with Gasteiger partial charge in [0, 0.05) is 5.69 Å². The second kappa shape index (κ2) is 13.4. The van der Waals surface area contributed by atoms with Crippen molar-refractivity contribution in [2.75, 3.05) is 23.8 Å². The van der Waals surface area contributed by atoms with Crippen molar-refractivity contribution < 1.29 is 37.0 Å². The third kappa shape index (κ3) is 9.04. The van der Waals surface area contributed by atoms with Gasteiger partial charge in [0.25, 0.3) is 5.91 Å². The lowest BCUT2D eigenvalue weighted by Crippen LogP contribution is -2.32. The molecule has 3 aromatic carbocycles. The van der Waals surface area contributed by atoms with Crippen LogP contribution in [0.5, 0.6) is 11.5 Å². The summed E-state index contributed by atoms with van der Waals surface area (Å²) >= 11 is 0. The van der Waals surface area contributed by atoms with E-state index in [1.54, 1.807) is 42.5 Å². The number of carbonyl (C=O) groups is 3. The van der Waals surface area contributed by atoms with E-state index in [1.165, 1.54) is 30.5 Å². The number of hydrogen-bond acceptors (Lipinski definition) is 6. The van der Waals surface area contributed by atoms with Crippen LogP contribution in [0.2, 0.25) is 0 Å². The van der Waals surface area contributed by atoms with Gasteiger partial charge in [-0.25, -0.2) is 5.43 Å². The number of nitrogens with zero attached hydrogens (tertiary/aromatic N) is 1. The summed E-state index contributed by atoms with van der Waals surface area (Å²) in [6.45, 7) is 3.33. The molecule has 0 aliphatic rings. The summed E-state index contributed by atoms with van der Waals surface area (Å²) in [5, 5.41) is 8.32. The van der Waals surface area contributed by atoms with Gasteiger partial charge in [-0.1, -0.05) is 36.9 Å². The van der Waals surface area contributed by atoms with E-state index < -0.39 is 36.1 Å². The first-order valence-electron chi connectivity index (χ1n) is 11.3. The Labute approximate surface area is 221 Å². The first kappa shape index (κ1) is 28.4. The number of amides is 3. The molecule has 0 radical (unpaired) electrons. The average molecular weight is 540 g/mol. The van der Waals surface area contributed by atoms with Gasteiger partial charge in [-0.05, 0) is 54.1 Å². The standard InChI is InChI=1S/C27H23F3N4O5/c1-2-14-38-20-12-10-19(11-13-20)32-25(36)26(37)34-31-16-18-6-5-7-21(15-18)39-17-24(35)33-23-9-4-3-8-22(23)27(28,29)30/h2-13,15-16H,1,14,17H2,(H,32,36)(H,33,35)(H,34,37)/b31-16-. The van der Waals surface area contributed by atoms with Gasteiger partial charge >= 0.3 is 18.0 Å². The molecule has 0 fully saturated rings. The highest BCUT2D eigenvalue weighted by Crippen LogP contribution is 2.34. The van der Waals surface area contributed by atoms with Crippen molar-refractivity contribution in [2.45, 2.75) is 6.18 Å². The summed E-state index contributed by atoms with van der Waals surface area (Å²) in [7, 11) is 0. The molecular weight excluding hydrogens is 517 g/mol. The molecule has 3 amide bonds. The minimum Gasteiger partial charge on any atom is -0.490 e. The van der Waals surface area contributed by atoms with Crippen molar-refractivity contribution in [3.63, 3.8) is 0 Å². The quantitative estimate of drug-likeness (QED) is 0.153. The molecule has 0 aromatic heterocycles. The molecule has 9 nitrogen and oxygen atoms in total. The molecule has 3 N–H and O–H groups in total. The Bertz CT molecular complexity index is 1360. The lowest BCUT2D eigenvalue weighted by Gasteiger charge is -2.13. The number of nitrogens with one attached hydrogen (secondary N) is 3. The van der Waals surface area contributed by atoms with Crippen LogP contribution in [0, 0.1) is 0 Å². The summed E-state index contributed by atoms with van der Waals surface area (Å²) in [5.74, 6) is -1.95. The van der Waals surface area contributed by atoms with Gasteiger partial charge in [0.05, 0.1) is 17.5 Å². The number of benzene rings is 3. The van der Waals surface area contributed by atoms with Crippen LogP contribution in [0.15, 0.2) is 90.6 Å². The maximum atomic E-state index is 13.1. The van der Waals surface area contributed by atoms with Gasteiger partial charge in [0.2, 0.25) is 0 Å². The van der Waals surface area contributed by atoms with Crippen LogP contribution < -0.4 is 25.5 Å². The number of ether oxygens (including phenoxy) is 2. The molecule has 3 aromatic rings. The van der Waals surface area contributed by atoms with E-state index >= 15 is 0 Å². The molecule has 0 aliphatic heterocycles. The van der Waals surface area contributed by atoms with Crippen molar-refractivity contribution >= 4 is 35.3 Å². The smallest absolute Gasteiger partial charge is 0.418 e. The Morgan fingerprint density at radius 1 is 0.872 bits per heavy atom. The van der Waals surface area contributed by atoms with E-state index in [2.05, 4.69) is 27.7 Å². The molecule has 0 aliphatic carbocycles. The second-order valence-electron chi connectivity index (χ2n) is 7.73. The van der Waals surface area contributed by atoms with E-state index in [1.807, 2.05) is 0 Å². The number of halogens is 3. The van der Waals surface area contributed by atoms with Crippen LogP contribution in [0.4, 0.5) is 24.5 Å². The van der Waals surface area contributed by atoms with Gasteiger partial charge in [0.1, 0.15) is 18.1 Å². The Morgan fingerprint density at radius 2 is 1.62 bits per heavy atom. The molecule has 0 saturated heterocycles. The van der Waals surface area contributed by atoms with Crippen LogP contribution >= 0.6 is 0 Å². The van der Waals surface area contributed by atoms with Crippen molar-refractivity contribution in [2.24, 2.45) is 5.10 Å². The van der Waals surface area contributed by atoms with E-state index in [9.17, 15) is 27.6 Å². The van der Waals surface area contributed by atoms with Crippen molar-refractivity contribution in [1.29, 1.82) is 0 Å². The number of rotatable bonds is 10. The van der Waals surface area contributed by atoms with Gasteiger partial charge in [0.15, 0.2) is 6.61 Å². The third-order valence-electron chi connectivity index (χ3n) is 4.80. The van der Waals surface area contributed by atoms with Crippen LogP contribution in [0.3, 0.4) is 0 Å². The van der Waals surface area contributed by atoms with E-state index in [0.717, 1.165) is 12.1 Å². The van der Waals surface area contributed by atoms with Crippen LogP contribution in [0.25, 0.3) is 0 Å². The van der Waals surface area contributed by atoms with Gasteiger partial charge in [-0.3, -0.25) is 14.4 Å². The molecule has 3 rings (SSSR count). The molecular formula is C27H23F3N4O5. The first-order chi connectivity index (χ1) is 18.7. The fourth-order valence-electron chi connectivity index (χ4n) is 3.05. The lowest BCUT2D eigenvalue weighted by atomic mass is 10.1. The molecule has 0 spiro atoms. The number of anilines is 2. The summed E-state index contributed by atoms with van der Waals surface area (Å²) < 4.78 is 49.9. The number of hydrogen-bond donors (Lipinski definition) is 3. The molecule has 0 atom stereocenters. The molecule has 0 saturated carbocycles. The molecule has 202 valence electrons. The Kier molecular flexibility index (Phi) is 9.79. The highest BCUT2D eigenvalue weighted by molar-refractivity contribution is 6.39. The zero-order valence-corrected chi connectivity index (χ0v) is 20.3. The van der Waals surface area contributed by atoms with Crippen molar-refractivity contribution in [3.05, 3.63) is 96.6 Å². The monoisotopic (exact) mass is 540 g/mol. The molecule has 0 heterocycles. The minimum atomic E-state index is -4.62. The van der Waals surface area contributed by atoms with E-state index in [0.29, 0.717) is 23.6 Å². The van der Waals surface area contributed by atoms with Crippen LogP contribution in [-0.2, 0) is 20.6 Å². The molecule has 39 heavy (non-hydrogen) atoms. The predicted octanol–water partition coefficient (Wildman–Crippen LogP) is 4.38. The highest BCUT2D eigenvalue weighted by Gasteiger charge is 2.33. The highest BCUT2D eigenvalue weighted by atomic mass is 19.4. The third-order valence-corrected chi connectivity index (χ3v) is 4.80. The van der Waals surface area contributed by atoms with Crippen molar-refractivity contribution in [1.82, 2.24) is 5.43 Å². The SMILES string of the molecule is C=CCOc1ccc(NC(=O)C(=O)N/N=C\c2cccc(OCC(=O)Nc3ccccc3C(F)(F)F)c2)cc1.